The maximum atomic E-state index is 12.2. The minimum atomic E-state index is -0.856. The Bertz CT molecular complexity index is 500. The average Bonchev–Trinajstić information content (AvgIpc) is 2.32. The summed E-state index contributed by atoms with van der Waals surface area (Å²) in [4.78, 5) is 24.1. The second-order valence-electron chi connectivity index (χ2n) is 4.64. The van der Waals surface area contributed by atoms with E-state index in [1.165, 1.54) is 4.90 Å². The minimum Gasteiger partial charge on any atom is -0.481 e. The van der Waals surface area contributed by atoms with Crippen LogP contribution in [0.4, 0.5) is 0 Å². The minimum absolute atomic E-state index is 0.0538. The van der Waals surface area contributed by atoms with Gasteiger partial charge in [0.1, 0.15) is 0 Å². The van der Waals surface area contributed by atoms with Crippen molar-refractivity contribution < 1.29 is 14.7 Å². The Morgan fingerprint density at radius 3 is 2.42 bits per heavy atom. The van der Waals surface area contributed by atoms with Gasteiger partial charge in [0, 0.05) is 20.0 Å². The van der Waals surface area contributed by atoms with Crippen molar-refractivity contribution in [1.29, 1.82) is 0 Å². The standard InChI is InChI=1S/C14H18ClNO3/c1-9-7-11(12(15)8-10(9)2)14(19)16(3)6-4-5-13(17)18/h7-8H,4-6H2,1-3H3,(H,17,18). The highest BCUT2D eigenvalue weighted by Gasteiger charge is 2.16. The highest BCUT2D eigenvalue weighted by molar-refractivity contribution is 6.33. The smallest absolute Gasteiger partial charge is 0.303 e. The normalized spacial score (nSPS) is 10.3. The van der Waals surface area contributed by atoms with E-state index in [2.05, 4.69) is 0 Å². The number of aryl methyl sites for hydroxylation is 2. The van der Waals surface area contributed by atoms with Crippen LogP contribution in [-0.4, -0.2) is 35.5 Å². The lowest BCUT2D eigenvalue weighted by Gasteiger charge is -2.18. The number of amides is 1. The lowest BCUT2D eigenvalue weighted by Crippen LogP contribution is -2.28. The molecule has 0 radical (unpaired) electrons. The molecular formula is C14H18ClNO3. The summed E-state index contributed by atoms with van der Waals surface area (Å²) < 4.78 is 0. The fourth-order valence-corrected chi connectivity index (χ4v) is 2.02. The van der Waals surface area contributed by atoms with Crippen LogP contribution >= 0.6 is 11.6 Å². The average molecular weight is 284 g/mol. The molecule has 1 aromatic carbocycles. The Labute approximate surface area is 118 Å². The van der Waals surface area contributed by atoms with E-state index in [9.17, 15) is 9.59 Å². The number of carbonyl (C=O) groups is 2. The number of nitrogens with zero attached hydrogens (tertiary/aromatic N) is 1. The molecule has 1 amide bonds. The third-order valence-corrected chi connectivity index (χ3v) is 3.36. The third-order valence-electron chi connectivity index (χ3n) is 3.04. The maximum absolute atomic E-state index is 12.2. The van der Waals surface area contributed by atoms with Gasteiger partial charge in [0.25, 0.3) is 5.91 Å². The van der Waals surface area contributed by atoms with Gasteiger partial charge in [-0.15, -0.1) is 0 Å². The predicted molar refractivity (Wildman–Crippen MR) is 74.8 cm³/mol. The first kappa shape index (κ1) is 15.5. The number of rotatable bonds is 5. The lowest BCUT2D eigenvalue weighted by molar-refractivity contribution is -0.137. The zero-order chi connectivity index (χ0) is 14.6. The van der Waals surface area contributed by atoms with Gasteiger partial charge in [-0.05, 0) is 43.5 Å². The Morgan fingerprint density at radius 1 is 1.26 bits per heavy atom. The van der Waals surface area contributed by atoms with Crippen LogP contribution in [0.25, 0.3) is 0 Å². The molecule has 19 heavy (non-hydrogen) atoms. The van der Waals surface area contributed by atoms with Gasteiger partial charge in [0.15, 0.2) is 0 Å². The first-order valence-corrected chi connectivity index (χ1v) is 6.44. The van der Waals surface area contributed by atoms with E-state index < -0.39 is 5.97 Å². The molecule has 0 unspecified atom stereocenters. The highest BCUT2D eigenvalue weighted by atomic mass is 35.5. The molecule has 0 atom stereocenters. The van der Waals surface area contributed by atoms with Crippen LogP contribution in [0.2, 0.25) is 5.02 Å². The van der Waals surface area contributed by atoms with Gasteiger partial charge in [0.05, 0.1) is 10.6 Å². The van der Waals surface area contributed by atoms with Crippen molar-refractivity contribution in [1.82, 2.24) is 4.90 Å². The number of halogens is 1. The Morgan fingerprint density at radius 2 is 1.84 bits per heavy atom. The topological polar surface area (TPSA) is 57.6 Å². The van der Waals surface area contributed by atoms with Crippen molar-refractivity contribution >= 4 is 23.5 Å². The predicted octanol–water partition coefficient (Wildman–Crippen LogP) is 2.89. The fraction of sp³-hybridized carbons (Fsp3) is 0.429. The van der Waals surface area contributed by atoms with Crippen molar-refractivity contribution in [2.45, 2.75) is 26.7 Å². The van der Waals surface area contributed by atoms with E-state index in [1.54, 1.807) is 19.2 Å². The molecule has 0 saturated heterocycles. The zero-order valence-corrected chi connectivity index (χ0v) is 12.1. The number of hydrogen-bond acceptors (Lipinski definition) is 2. The van der Waals surface area contributed by atoms with Gasteiger partial charge in [-0.25, -0.2) is 0 Å². The van der Waals surface area contributed by atoms with Gasteiger partial charge < -0.3 is 10.0 Å². The van der Waals surface area contributed by atoms with Gasteiger partial charge in [-0.3, -0.25) is 9.59 Å². The van der Waals surface area contributed by atoms with Crippen molar-refractivity contribution in [2.75, 3.05) is 13.6 Å². The summed E-state index contributed by atoms with van der Waals surface area (Å²) in [6, 6.07) is 3.54. The number of aliphatic carboxylic acids is 1. The van der Waals surface area contributed by atoms with Crippen molar-refractivity contribution in [3.8, 4) is 0 Å². The highest BCUT2D eigenvalue weighted by Crippen LogP contribution is 2.22. The third kappa shape index (κ3) is 4.24. The van der Waals surface area contributed by atoms with Crippen LogP contribution in [0.1, 0.15) is 34.3 Å². The van der Waals surface area contributed by atoms with Crippen LogP contribution in [0.15, 0.2) is 12.1 Å². The summed E-state index contributed by atoms with van der Waals surface area (Å²) in [6.07, 6.45) is 0.484. The van der Waals surface area contributed by atoms with Crippen LogP contribution in [0.5, 0.6) is 0 Å². The first-order valence-electron chi connectivity index (χ1n) is 6.07. The number of hydrogen-bond donors (Lipinski definition) is 1. The zero-order valence-electron chi connectivity index (χ0n) is 11.4. The molecule has 104 valence electrons. The van der Waals surface area contributed by atoms with E-state index in [-0.39, 0.29) is 12.3 Å². The summed E-state index contributed by atoms with van der Waals surface area (Å²) in [6.45, 7) is 4.26. The van der Waals surface area contributed by atoms with Gasteiger partial charge in [-0.1, -0.05) is 11.6 Å². The molecule has 0 spiro atoms. The summed E-state index contributed by atoms with van der Waals surface area (Å²) in [5.41, 5.74) is 2.50. The van der Waals surface area contributed by atoms with Crippen LogP contribution in [0.3, 0.4) is 0 Å². The summed E-state index contributed by atoms with van der Waals surface area (Å²) in [5, 5.41) is 9.00. The van der Waals surface area contributed by atoms with Crippen molar-refractivity contribution in [3.63, 3.8) is 0 Å². The van der Waals surface area contributed by atoms with Crippen molar-refractivity contribution in [3.05, 3.63) is 33.8 Å². The van der Waals surface area contributed by atoms with Crippen molar-refractivity contribution in [2.24, 2.45) is 0 Å². The fourth-order valence-electron chi connectivity index (χ4n) is 1.72. The lowest BCUT2D eigenvalue weighted by atomic mass is 10.1. The molecule has 0 saturated carbocycles. The second kappa shape index (κ2) is 6.57. The number of carboxylic acid groups (broad SMARTS) is 1. The molecule has 0 fully saturated rings. The Kier molecular flexibility index (Phi) is 5.36. The molecule has 5 heteroatoms. The Hall–Kier alpha value is -1.55. The van der Waals surface area contributed by atoms with E-state index in [0.717, 1.165) is 11.1 Å². The SMILES string of the molecule is Cc1cc(Cl)c(C(=O)N(C)CCCC(=O)O)cc1C. The summed E-state index contributed by atoms with van der Waals surface area (Å²) in [7, 11) is 1.65. The maximum Gasteiger partial charge on any atom is 0.303 e. The Balaban J connectivity index is 2.77. The molecule has 0 aliphatic rings. The number of carboxylic acids is 1. The van der Waals surface area contributed by atoms with Gasteiger partial charge >= 0.3 is 5.97 Å². The molecule has 1 rings (SSSR count). The molecule has 4 nitrogen and oxygen atoms in total. The second-order valence-corrected chi connectivity index (χ2v) is 5.05. The van der Waals surface area contributed by atoms with E-state index in [0.29, 0.717) is 23.6 Å². The van der Waals surface area contributed by atoms with Crippen LogP contribution in [0, 0.1) is 13.8 Å². The summed E-state index contributed by atoms with van der Waals surface area (Å²) in [5.74, 6) is -1.04. The molecule has 0 aliphatic heterocycles. The molecule has 0 bridgehead atoms. The first-order chi connectivity index (χ1) is 8.82. The molecule has 0 aromatic heterocycles. The van der Waals surface area contributed by atoms with Crippen LogP contribution in [-0.2, 0) is 4.79 Å². The molecule has 0 aliphatic carbocycles. The number of carbonyl (C=O) groups excluding carboxylic acids is 1. The van der Waals surface area contributed by atoms with E-state index >= 15 is 0 Å². The number of benzene rings is 1. The summed E-state index contributed by atoms with van der Waals surface area (Å²) >= 11 is 6.08. The molecule has 1 N–H and O–H groups in total. The van der Waals surface area contributed by atoms with E-state index in [4.69, 9.17) is 16.7 Å². The molecule has 0 heterocycles. The van der Waals surface area contributed by atoms with Crippen LogP contribution < -0.4 is 0 Å². The quantitative estimate of drug-likeness (QED) is 0.904. The monoisotopic (exact) mass is 283 g/mol. The molecular weight excluding hydrogens is 266 g/mol. The van der Waals surface area contributed by atoms with E-state index in [1.807, 2.05) is 13.8 Å². The van der Waals surface area contributed by atoms with Gasteiger partial charge in [0.2, 0.25) is 0 Å². The van der Waals surface area contributed by atoms with Gasteiger partial charge in [-0.2, -0.15) is 0 Å². The molecule has 1 aromatic rings. The largest absolute Gasteiger partial charge is 0.481 e.